The molecule has 166 valence electrons. The van der Waals surface area contributed by atoms with E-state index in [9.17, 15) is 9.59 Å². The largest absolute Gasteiger partial charge is 0.497 e. The molecular formula is C23H27NO7. The normalized spacial score (nSPS) is 15.3. The van der Waals surface area contributed by atoms with Crippen LogP contribution in [0.5, 0.6) is 5.75 Å². The van der Waals surface area contributed by atoms with Crippen LogP contribution in [0, 0.1) is 6.92 Å². The molecule has 0 aliphatic carbocycles. The minimum Gasteiger partial charge on any atom is -0.497 e. The maximum Gasteiger partial charge on any atom is 0.335 e. The van der Waals surface area contributed by atoms with Gasteiger partial charge in [-0.3, -0.25) is 4.90 Å². The predicted octanol–water partition coefficient (Wildman–Crippen LogP) is 1.76. The molecular weight excluding hydrogens is 402 g/mol. The van der Waals surface area contributed by atoms with Crippen LogP contribution in [-0.4, -0.2) is 70.2 Å². The molecule has 0 spiro atoms. The van der Waals surface area contributed by atoms with E-state index in [-0.39, 0.29) is 0 Å². The van der Waals surface area contributed by atoms with Crippen molar-refractivity contribution in [2.24, 2.45) is 0 Å². The number of aliphatic hydroxyl groups excluding tert-OH is 2. The highest BCUT2D eigenvalue weighted by Crippen LogP contribution is 2.31. The van der Waals surface area contributed by atoms with Gasteiger partial charge in [0.25, 0.3) is 0 Å². The van der Waals surface area contributed by atoms with Crippen molar-refractivity contribution < 1.29 is 34.8 Å². The Morgan fingerprint density at radius 3 is 2.10 bits per heavy atom. The van der Waals surface area contributed by atoms with Crippen LogP contribution in [0.3, 0.4) is 0 Å². The molecule has 0 saturated heterocycles. The van der Waals surface area contributed by atoms with Gasteiger partial charge in [-0.15, -0.1) is 0 Å². The monoisotopic (exact) mass is 429 g/mol. The van der Waals surface area contributed by atoms with Crippen molar-refractivity contribution in [2.75, 3.05) is 20.7 Å². The molecule has 31 heavy (non-hydrogen) atoms. The van der Waals surface area contributed by atoms with E-state index >= 15 is 0 Å². The smallest absolute Gasteiger partial charge is 0.335 e. The topological polar surface area (TPSA) is 128 Å². The molecule has 0 bridgehead atoms. The number of hydrogen-bond acceptors (Lipinski definition) is 6. The van der Waals surface area contributed by atoms with Gasteiger partial charge in [0.05, 0.1) is 7.11 Å². The van der Waals surface area contributed by atoms with Crippen LogP contribution in [-0.2, 0) is 16.1 Å². The lowest BCUT2D eigenvalue weighted by molar-refractivity contribution is -0.165. The van der Waals surface area contributed by atoms with Crippen LogP contribution in [0.1, 0.15) is 22.3 Å². The summed E-state index contributed by atoms with van der Waals surface area (Å²) in [4.78, 5) is 21.9. The number of aliphatic hydroxyl groups is 2. The number of methoxy groups -OCH3 is 1. The van der Waals surface area contributed by atoms with Crippen molar-refractivity contribution in [1.82, 2.24) is 4.90 Å². The number of benzene rings is 2. The third-order valence-corrected chi connectivity index (χ3v) is 4.82. The molecule has 4 N–H and O–H groups in total. The van der Waals surface area contributed by atoms with E-state index in [1.807, 2.05) is 6.07 Å². The molecule has 0 radical (unpaired) electrons. The zero-order valence-electron chi connectivity index (χ0n) is 17.6. The molecule has 8 nitrogen and oxygen atoms in total. The number of aliphatic carboxylic acids is 2. The van der Waals surface area contributed by atoms with Crippen LogP contribution >= 0.6 is 0 Å². The third kappa shape index (κ3) is 6.39. The lowest BCUT2D eigenvalue weighted by atomic mass is 9.93. The number of ether oxygens (including phenoxy) is 1. The first-order chi connectivity index (χ1) is 14.6. The average Bonchev–Trinajstić information content (AvgIpc) is 2.91. The van der Waals surface area contributed by atoms with Gasteiger partial charge in [-0.1, -0.05) is 42.0 Å². The van der Waals surface area contributed by atoms with Crippen LogP contribution < -0.4 is 4.74 Å². The molecule has 1 heterocycles. The number of rotatable bonds is 5. The van der Waals surface area contributed by atoms with E-state index in [4.69, 9.17) is 25.2 Å². The van der Waals surface area contributed by atoms with Crippen molar-refractivity contribution in [3.63, 3.8) is 0 Å². The summed E-state index contributed by atoms with van der Waals surface area (Å²) in [7, 11) is 3.87. The molecule has 3 rings (SSSR count). The van der Waals surface area contributed by atoms with Gasteiger partial charge in [0.1, 0.15) is 5.75 Å². The SMILES string of the molecule is COc1ccc2c(c1)CN(C)CC=C2c1ccc(C)cc1.O=C(O)[C@H](O)[C@@H](O)C(=O)O. The second kappa shape index (κ2) is 10.7. The van der Waals surface area contributed by atoms with E-state index < -0.39 is 24.1 Å². The van der Waals surface area contributed by atoms with Gasteiger partial charge < -0.3 is 25.2 Å². The first-order valence-corrected chi connectivity index (χ1v) is 9.58. The Balaban J connectivity index is 0.000000291. The number of carboxylic acids is 2. The van der Waals surface area contributed by atoms with Crippen LogP contribution in [0.2, 0.25) is 0 Å². The highest BCUT2D eigenvalue weighted by Gasteiger charge is 2.29. The van der Waals surface area contributed by atoms with Gasteiger partial charge in [0, 0.05) is 13.1 Å². The molecule has 0 amide bonds. The van der Waals surface area contributed by atoms with E-state index in [2.05, 4.69) is 61.3 Å². The fraction of sp³-hybridized carbons (Fsp3) is 0.304. The summed E-state index contributed by atoms with van der Waals surface area (Å²) in [5.41, 5.74) is 6.52. The summed E-state index contributed by atoms with van der Waals surface area (Å²) in [6.07, 6.45) is -2.21. The highest BCUT2D eigenvalue weighted by atomic mass is 16.5. The van der Waals surface area contributed by atoms with Gasteiger partial charge in [-0.05, 0) is 48.4 Å². The summed E-state index contributed by atoms with van der Waals surface area (Å²) in [6, 6.07) is 15.1. The Hall–Kier alpha value is -3.20. The van der Waals surface area contributed by atoms with E-state index in [1.54, 1.807) is 7.11 Å². The maximum atomic E-state index is 9.77. The number of carbonyl (C=O) groups is 2. The van der Waals surface area contributed by atoms with Crippen LogP contribution in [0.15, 0.2) is 48.5 Å². The summed E-state index contributed by atoms with van der Waals surface area (Å²) >= 11 is 0. The van der Waals surface area contributed by atoms with Gasteiger partial charge >= 0.3 is 11.9 Å². The molecule has 0 aromatic heterocycles. The molecule has 2 aromatic rings. The van der Waals surface area contributed by atoms with Gasteiger partial charge in [-0.25, -0.2) is 9.59 Å². The minimum absolute atomic E-state index is 0.923. The lowest BCUT2D eigenvalue weighted by Crippen LogP contribution is -2.39. The number of likely N-dealkylation sites (N-methyl/N-ethyl adjacent to an activating group) is 1. The average molecular weight is 429 g/mol. The molecule has 2 aromatic carbocycles. The first-order valence-electron chi connectivity index (χ1n) is 9.58. The fourth-order valence-electron chi connectivity index (χ4n) is 3.08. The number of hydrogen-bond donors (Lipinski definition) is 4. The van der Waals surface area contributed by atoms with Crippen LogP contribution in [0.25, 0.3) is 5.57 Å². The standard InChI is InChI=1S/C19H21NO.C4H6O6/c1-14-4-6-15(7-5-14)19-10-11-20(2)13-16-12-17(21-3)8-9-18(16)19;5-1(3(7)8)2(6)4(9)10/h4-10,12H,11,13H2,1-3H3;1-2,5-6H,(H,7,8)(H,9,10)/t;1-,2-/m.1/s1. The van der Waals surface area contributed by atoms with Gasteiger partial charge in [-0.2, -0.15) is 0 Å². The minimum atomic E-state index is -2.27. The zero-order valence-corrected chi connectivity index (χ0v) is 17.6. The Bertz CT molecular complexity index is 935. The van der Waals surface area contributed by atoms with Crippen molar-refractivity contribution in [3.05, 3.63) is 70.8 Å². The summed E-state index contributed by atoms with van der Waals surface area (Å²) in [5.74, 6) is -2.61. The number of fused-ring (bicyclic) bond motifs is 1. The summed E-state index contributed by atoms with van der Waals surface area (Å²) in [5, 5.41) is 32.5. The Labute approximate surface area is 180 Å². The Morgan fingerprint density at radius 1 is 1.00 bits per heavy atom. The number of aryl methyl sites for hydroxylation is 1. The van der Waals surface area contributed by atoms with Crippen LogP contribution in [0.4, 0.5) is 0 Å². The lowest BCUT2D eigenvalue weighted by Gasteiger charge is -2.15. The molecule has 0 unspecified atom stereocenters. The zero-order chi connectivity index (χ0) is 23.1. The molecule has 0 fully saturated rings. The van der Waals surface area contributed by atoms with Crippen molar-refractivity contribution in [2.45, 2.75) is 25.7 Å². The molecule has 1 aliphatic heterocycles. The Morgan fingerprint density at radius 2 is 1.58 bits per heavy atom. The molecule has 8 heteroatoms. The second-order valence-corrected chi connectivity index (χ2v) is 7.27. The van der Waals surface area contributed by atoms with E-state index in [1.165, 1.54) is 27.8 Å². The van der Waals surface area contributed by atoms with Crippen molar-refractivity contribution in [3.8, 4) is 5.75 Å². The quantitative estimate of drug-likeness (QED) is 0.566. The summed E-state index contributed by atoms with van der Waals surface area (Å²) in [6.45, 7) is 4.02. The highest BCUT2D eigenvalue weighted by molar-refractivity contribution is 5.83. The Kier molecular flexibility index (Phi) is 8.32. The van der Waals surface area contributed by atoms with E-state index in [0.29, 0.717) is 0 Å². The fourth-order valence-corrected chi connectivity index (χ4v) is 3.08. The number of nitrogens with zero attached hydrogens (tertiary/aromatic N) is 1. The van der Waals surface area contributed by atoms with Gasteiger partial charge in [0.2, 0.25) is 0 Å². The van der Waals surface area contributed by atoms with Gasteiger partial charge in [0.15, 0.2) is 12.2 Å². The maximum absolute atomic E-state index is 9.77. The summed E-state index contributed by atoms with van der Waals surface area (Å²) < 4.78 is 5.38. The predicted molar refractivity (Wildman–Crippen MR) is 115 cm³/mol. The first kappa shape index (κ1) is 24.1. The van der Waals surface area contributed by atoms with Crippen molar-refractivity contribution in [1.29, 1.82) is 0 Å². The second-order valence-electron chi connectivity index (χ2n) is 7.27. The van der Waals surface area contributed by atoms with E-state index in [0.717, 1.165) is 18.8 Å². The van der Waals surface area contributed by atoms with Crippen molar-refractivity contribution >= 4 is 17.5 Å². The molecule has 2 atom stereocenters. The third-order valence-electron chi connectivity index (χ3n) is 4.82. The molecule has 1 aliphatic rings. The number of carboxylic acid groups (broad SMARTS) is 2. The molecule has 0 saturated carbocycles.